The molecule has 0 aliphatic carbocycles. The summed E-state index contributed by atoms with van der Waals surface area (Å²) in [5, 5.41) is 0. The smallest absolute Gasteiger partial charge is 0.166 e. The zero-order chi connectivity index (χ0) is 13.9. The van der Waals surface area contributed by atoms with E-state index in [0.717, 1.165) is 28.6 Å². The molecule has 0 unspecified atom stereocenters. The van der Waals surface area contributed by atoms with Crippen molar-refractivity contribution in [2.75, 3.05) is 0 Å². The maximum Gasteiger partial charge on any atom is 0.166 e. The number of aryl methyl sites for hydroxylation is 1. The minimum atomic E-state index is -0.0129. The fourth-order valence-electron chi connectivity index (χ4n) is 2.48. The van der Waals surface area contributed by atoms with Gasteiger partial charge in [-0.25, -0.2) is 0 Å². The molecule has 1 aliphatic heterocycles. The van der Waals surface area contributed by atoms with Crippen LogP contribution in [0.1, 0.15) is 28.8 Å². The second kappa shape index (κ2) is 5.80. The van der Waals surface area contributed by atoms with Crippen molar-refractivity contribution in [3.63, 3.8) is 0 Å². The van der Waals surface area contributed by atoms with Gasteiger partial charge in [-0.05, 0) is 36.6 Å². The number of fused-ring (bicyclic) bond motifs is 1. The van der Waals surface area contributed by atoms with E-state index >= 15 is 0 Å². The molecular formula is C17H15BrO2. The molecule has 1 atom stereocenters. The third-order valence-electron chi connectivity index (χ3n) is 3.58. The summed E-state index contributed by atoms with van der Waals surface area (Å²) in [6.07, 6.45) is 2.31. The van der Waals surface area contributed by atoms with E-state index in [-0.39, 0.29) is 11.9 Å². The van der Waals surface area contributed by atoms with Crippen LogP contribution in [0.3, 0.4) is 0 Å². The maximum atomic E-state index is 12.2. The van der Waals surface area contributed by atoms with Gasteiger partial charge in [0.05, 0.1) is 0 Å². The lowest BCUT2D eigenvalue weighted by atomic mass is 9.97. The van der Waals surface area contributed by atoms with Gasteiger partial charge in [0.2, 0.25) is 0 Å². The highest BCUT2D eigenvalue weighted by molar-refractivity contribution is 9.10. The lowest BCUT2D eigenvalue weighted by Crippen LogP contribution is -2.25. The number of carbonyl (C=O) groups excluding carboxylic acids is 1. The molecule has 0 saturated heterocycles. The fraction of sp³-hybridized carbons (Fsp3) is 0.235. The Labute approximate surface area is 126 Å². The van der Waals surface area contributed by atoms with Gasteiger partial charge in [-0.2, -0.15) is 0 Å². The average Bonchev–Trinajstić information content (AvgIpc) is 2.48. The normalized spacial score (nSPS) is 17.1. The van der Waals surface area contributed by atoms with E-state index in [1.54, 1.807) is 0 Å². The molecule has 2 aromatic carbocycles. The quantitative estimate of drug-likeness (QED) is 0.779. The molecule has 0 fully saturated rings. The number of ether oxygens (including phenoxy) is 1. The molecule has 0 amide bonds. The minimum absolute atomic E-state index is 0.0129. The predicted molar refractivity (Wildman–Crippen MR) is 82.3 cm³/mol. The van der Waals surface area contributed by atoms with E-state index in [9.17, 15) is 4.79 Å². The van der Waals surface area contributed by atoms with Crippen LogP contribution in [0.15, 0.2) is 53.0 Å². The van der Waals surface area contributed by atoms with Gasteiger partial charge < -0.3 is 4.74 Å². The second-order valence-corrected chi connectivity index (χ2v) is 5.94. The number of benzene rings is 2. The van der Waals surface area contributed by atoms with Crippen molar-refractivity contribution in [2.45, 2.75) is 25.4 Å². The van der Waals surface area contributed by atoms with Crippen LogP contribution >= 0.6 is 15.9 Å². The Morgan fingerprint density at radius 1 is 1.15 bits per heavy atom. The molecule has 1 aliphatic rings. The first-order chi connectivity index (χ1) is 9.72. The summed E-state index contributed by atoms with van der Waals surface area (Å²) in [7, 11) is 0. The zero-order valence-corrected chi connectivity index (χ0v) is 12.6. The summed E-state index contributed by atoms with van der Waals surface area (Å²) in [5.41, 5.74) is 1.98. The van der Waals surface area contributed by atoms with Crippen molar-refractivity contribution in [2.24, 2.45) is 0 Å². The molecule has 0 bridgehead atoms. The summed E-state index contributed by atoms with van der Waals surface area (Å²) in [4.78, 5) is 12.2. The van der Waals surface area contributed by atoms with Crippen LogP contribution in [0.5, 0.6) is 5.75 Å². The van der Waals surface area contributed by atoms with Crippen LogP contribution in [0.25, 0.3) is 0 Å². The summed E-state index contributed by atoms with van der Waals surface area (Å²) >= 11 is 3.38. The number of Topliss-reactive ketones (excluding diaryl/α,β-unsaturated/α-hetero) is 1. The van der Waals surface area contributed by atoms with Crippen LogP contribution in [0, 0.1) is 0 Å². The van der Waals surface area contributed by atoms with Gasteiger partial charge in [0.25, 0.3) is 0 Å². The van der Waals surface area contributed by atoms with E-state index in [1.165, 1.54) is 5.56 Å². The first kappa shape index (κ1) is 13.4. The molecule has 0 saturated carbocycles. The predicted octanol–water partition coefficient (Wildman–Crippen LogP) is 4.42. The summed E-state index contributed by atoms with van der Waals surface area (Å²) in [6, 6.07) is 15.5. The lowest BCUT2D eigenvalue weighted by molar-refractivity contribution is 0.0884. The number of para-hydroxylation sites is 1. The fourth-order valence-corrected chi connectivity index (χ4v) is 2.75. The molecule has 20 heavy (non-hydrogen) atoms. The first-order valence-electron chi connectivity index (χ1n) is 6.76. The van der Waals surface area contributed by atoms with E-state index in [2.05, 4.69) is 22.0 Å². The monoisotopic (exact) mass is 330 g/mol. The number of hydrogen-bond donors (Lipinski definition) is 0. The Hall–Kier alpha value is -1.61. The highest BCUT2D eigenvalue weighted by Gasteiger charge is 2.22. The van der Waals surface area contributed by atoms with Gasteiger partial charge in [-0.15, -0.1) is 0 Å². The number of carbonyl (C=O) groups is 1. The molecule has 0 spiro atoms. The van der Waals surface area contributed by atoms with Gasteiger partial charge in [0.15, 0.2) is 5.78 Å². The summed E-state index contributed by atoms with van der Waals surface area (Å²) < 4.78 is 6.90. The Morgan fingerprint density at radius 2 is 1.90 bits per heavy atom. The van der Waals surface area contributed by atoms with Crippen LogP contribution in [-0.2, 0) is 6.42 Å². The Balaban J connectivity index is 1.67. The van der Waals surface area contributed by atoms with Crippen molar-refractivity contribution in [1.29, 1.82) is 0 Å². The molecule has 1 heterocycles. The van der Waals surface area contributed by atoms with Crippen molar-refractivity contribution in [3.05, 3.63) is 64.1 Å². The number of rotatable bonds is 3. The largest absolute Gasteiger partial charge is 0.490 e. The Bertz CT molecular complexity index is 619. The minimum Gasteiger partial charge on any atom is -0.490 e. The molecule has 2 nitrogen and oxygen atoms in total. The van der Waals surface area contributed by atoms with Gasteiger partial charge in [0.1, 0.15) is 11.9 Å². The maximum absolute atomic E-state index is 12.2. The van der Waals surface area contributed by atoms with E-state index in [4.69, 9.17) is 4.74 Å². The molecule has 2 aromatic rings. The molecule has 3 rings (SSSR count). The molecule has 102 valence electrons. The lowest BCUT2D eigenvalue weighted by Gasteiger charge is -2.25. The topological polar surface area (TPSA) is 26.3 Å². The summed E-state index contributed by atoms with van der Waals surface area (Å²) in [6.45, 7) is 0. The number of ketones is 1. The van der Waals surface area contributed by atoms with E-state index in [1.807, 2.05) is 42.5 Å². The van der Waals surface area contributed by atoms with Crippen LogP contribution < -0.4 is 4.74 Å². The molecule has 0 aromatic heterocycles. The molecule has 3 heteroatoms. The number of halogens is 1. The molecular weight excluding hydrogens is 316 g/mol. The number of hydrogen-bond acceptors (Lipinski definition) is 2. The third-order valence-corrected chi connectivity index (χ3v) is 4.11. The third kappa shape index (κ3) is 2.93. The van der Waals surface area contributed by atoms with E-state index < -0.39 is 0 Å². The standard InChI is InChI=1S/C17H15BrO2/c18-14-8-5-12(6-9-14)16(19)11-15-10-7-13-3-1-2-4-17(13)20-15/h1-6,8-9,15H,7,10-11H2/t15-/m1/s1. The van der Waals surface area contributed by atoms with Gasteiger partial charge >= 0.3 is 0 Å². The van der Waals surface area contributed by atoms with Crippen LogP contribution in [0.2, 0.25) is 0 Å². The second-order valence-electron chi connectivity index (χ2n) is 5.02. The van der Waals surface area contributed by atoms with Crippen LogP contribution in [0.4, 0.5) is 0 Å². The van der Waals surface area contributed by atoms with Gasteiger partial charge in [0, 0.05) is 16.5 Å². The molecule has 0 radical (unpaired) electrons. The van der Waals surface area contributed by atoms with Crippen LogP contribution in [-0.4, -0.2) is 11.9 Å². The van der Waals surface area contributed by atoms with Crippen molar-refractivity contribution in [1.82, 2.24) is 0 Å². The summed E-state index contributed by atoms with van der Waals surface area (Å²) in [5.74, 6) is 1.06. The van der Waals surface area contributed by atoms with Crippen molar-refractivity contribution in [3.8, 4) is 5.75 Å². The average molecular weight is 331 g/mol. The zero-order valence-electron chi connectivity index (χ0n) is 11.0. The SMILES string of the molecule is O=C(C[C@H]1CCc2ccccc2O1)c1ccc(Br)cc1. The Kier molecular flexibility index (Phi) is 3.88. The van der Waals surface area contributed by atoms with Gasteiger partial charge in [-0.1, -0.05) is 46.3 Å². The Morgan fingerprint density at radius 3 is 2.70 bits per heavy atom. The van der Waals surface area contributed by atoms with Gasteiger partial charge in [-0.3, -0.25) is 4.79 Å². The van der Waals surface area contributed by atoms with E-state index in [0.29, 0.717) is 6.42 Å². The first-order valence-corrected chi connectivity index (χ1v) is 7.55. The highest BCUT2D eigenvalue weighted by atomic mass is 79.9. The molecule has 0 N–H and O–H groups in total. The van der Waals surface area contributed by atoms with Crippen molar-refractivity contribution >= 4 is 21.7 Å². The van der Waals surface area contributed by atoms with Crippen molar-refractivity contribution < 1.29 is 9.53 Å². The highest BCUT2D eigenvalue weighted by Crippen LogP contribution is 2.28.